The number of pyridine rings is 1. The predicted molar refractivity (Wildman–Crippen MR) is 93.1 cm³/mol. The number of para-hydroxylation sites is 1. The highest BCUT2D eigenvalue weighted by atomic mass is 79.9. The molecule has 0 bridgehead atoms. The second-order valence-corrected chi connectivity index (χ2v) is 6.62. The molecule has 0 aliphatic heterocycles. The summed E-state index contributed by atoms with van der Waals surface area (Å²) < 4.78 is 7.84. The number of rotatable bonds is 2. The van der Waals surface area contributed by atoms with E-state index in [-0.39, 0.29) is 0 Å². The number of halogens is 2. The van der Waals surface area contributed by atoms with E-state index in [1.165, 1.54) is 5.56 Å². The number of fused-ring (bicyclic) bond motifs is 1. The summed E-state index contributed by atoms with van der Waals surface area (Å²) in [5, 5.41) is 1.11. The fourth-order valence-corrected chi connectivity index (χ4v) is 3.46. The Labute approximate surface area is 140 Å². The molecule has 0 N–H and O–H groups in total. The molecular weight excluding hydrogens is 394 g/mol. The molecule has 0 saturated heterocycles. The SMILES string of the molecule is Cc1cc(C)c2cc(Oc3c(Br)cccc3Br)ccc2n1. The van der Waals surface area contributed by atoms with Crippen LogP contribution in [0.25, 0.3) is 10.9 Å². The van der Waals surface area contributed by atoms with Gasteiger partial charge in [0.25, 0.3) is 0 Å². The molecule has 0 unspecified atom stereocenters. The molecule has 0 radical (unpaired) electrons. The van der Waals surface area contributed by atoms with Gasteiger partial charge in [0.05, 0.1) is 14.5 Å². The van der Waals surface area contributed by atoms with Crippen molar-refractivity contribution in [3.8, 4) is 11.5 Å². The fourth-order valence-electron chi connectivity index (χ4n) is 2.30. The number of nitrogens with zero attached hydrogens (tertiary/aromatic N) is 1. The summed E-state index contributed by atoms with van der Waals surface area (Å²) in [7, 11) is 0. The average Bonchev–Trinajstić information content (AvgIpc) is 2.43. The van der Waals surface area contributed by atoms with Crippen molar-refractivity contribution in [1.29, 1.82) is 0 Å². The lowest BCUT2D eigenvalue weighted by Crippen LogP contribution is -1.90. The Kier molecular flexibility index (Phi) is 4.00. The maximum atomic E-state index is 6.01. The van der Waals surface area contributed by atoms with E-state index in [1.807, 2.05) is 43.3 Å². The first-order chi connectivity index (χ1) is 10.0. The molecule has 0 amide bonds. The predicted octanol–water partition coefficient (Wildman–Crippen LogP) is 6.17. The molecule has 0 fully saturated rings. The molecule has 0 saturated carbocycles. The van der Waals surface area contributed by atoms with Crippen molar-refractivity contribution in [1.82, 2.24) is 4.98 Å². The largest absolute Gasteiger partial charge is 0.455 e. The summed E-state index contributed by atoms with van der Waals surface area (Å²) in [6, 6.07) is 13.9. The first kappa shape index (κ1) is 14.5. The molecule has 1 aromatic heterocycles. The number of hydrogen-bond acceptors (Lipinski definition) is 2. The molecule has 0 spiro atoms. The van der Waals surface area contributed by atoms with Crippen molar-refractivity contribution in [3.05, 3.63) is 62.7 Å². The average molecular weight is 407 g/mol. The molecule has 0 aliphatic carbocycles. The van der Waals surface area contributed by atoms with E-state index in [1.54, 1.807) is 0 Å². The van der Waals surface area contributed by atoms with Gasteiger partial charge in [0.2, 0.25) is 0 Å². The topological polar surface area (TPSA) is 22.1 Å². The lowest BCUT2D eigenvalue weighted by atomic mass is 10.1. The van der Waals surface area contributed by atoms with Crippen molar-refractivity contribution < 1.29 is 4.74 Å². The Bertz CT molecular complexity index is 810. The van der Waals surface area contributed by atoms with Gasteiger partial charge in [-0.15, -0.1) is 0 Å². The Morgan fingerprint density at radius 3 is 2.38 bits per heavy atom. The third-order valence-corrected chi connectivity index (χ3v) is 4.50. The molecule has 1 heterocycles. The molecule has 0 aliphatic rings. The fraction of sp³-hybridized carbons (Fsp3) is 0.118. The zero-order valence-corrected chi connectivity index (χ0v) is 14.8. The van der Waals surface area contributed by atoms with E-state index in [0.29, 0.717) is 0 Å². The maximum Gasteiger partial charge on any atom is 0.155 e. The monoisotopic (exact) mass is 405 g/mol. The standard InChI is InChI=1S/C17H13Br2NO/c1-10-8-11(2)20-16-7-6-12(9-13(10)16)21-17-14(18)4-3-5-15(17)19/h3-9H,1-2H3. The van der Waals surface area contributed by atoms with Crippen LogP contribution in [0.15, 0.2) is 51.4 Å². The van der Waals surface area contributed by atoms with Gasteiger partial charge in [0.1, 0.15) is 5.75 Å². The lowest BCUT2D eigenvalue weighted by Gasteiger charge is -2.11. The van der Waals surface area contributed by atoms with Crippen molar-refractivity contribution in [2.45, 2.75) is 13.8 Å². The van der Waals surface area contributed by atoms with Crippen molar-refractivity contribution >= 4 is 42.8 Å². The highest BCUT2D eigenvalue weighted by Crippen LogP contribution is 2.37. The highest BCUT2D eigenvalue weighted by Gasteiger charge is 2.09. The quantitative estimate of drug-likeness (QED) is 0.507. The Balaban J connectivity index is 2.06. The van der Waals surface area contributed by atoms with E-state index in [2.05, 4.69) is 49.8 Å². The number of aromatic nitrogens is 1. The van der Waals surface area contributed by atoms with Gasteiger partial charge in [-0.05, 0) is 87.7 Å². The summed E-state index contributed by atoms with van der Waals surface area (Å²) in [5.41, 5.74) is 3.22. The minimum absolute atomic E-state index is 0.773. The highest BCUT2D eigenvalue weighted by molar-refractivity contribution is 9.11. The molecule has 2 nitrogen and oxygen atoms in total. The number of benzene rings is 2. The second-order valence-electron chi connectivity index (χ2n) is 4.91. The van der Waals surface area contributed by atoms with Gasteiger partial charge in [-0.2, -0.15) is 0 Å². The Morgan fingerprint density at radius 1 is 0.952 bits per heavy atom. The van der Waals surface area contributed by atoms with E-state index < -0.39 is 0 Å². The summed E-state index contributed by atoms with van der Waals surface area (Å²) in [5.74, 6) is 1.57. The van der Waals surface area contributed by atoms with Gasteiger partial charge in [0.15, 0.2) is 5.75 Å². The van der Waals surface area contributed by atoms with E-state index in [9.17, 15) is 0 Å². The van der Waals surface area contributed by atoms with Crippen LogP contribution >= 0.6 is 31.9 Å². The van der Waals surface area contributed by atoms with Gasteiger partial charge in [-0.1, -0.05) is 6.07 Å². The molecule has 21 heavy (non-hydrogen) atoms. The first-order valence-corrected chi connectivity index (χ1v) is 8.13. The minimum atomic E-state index is 0.773. The molecular formula is C17H13Br2NO. The van der Waals surface area contributed by atoms with Crippen LogP contribution in [0.2, 0.25) is 0 Å². The van der Waals surface area contributed by atoms with Crippen LogP contribution in [-0.4, -0.2) is 4.98 Å². The zero-order valence-electron chi connectivity index (χ0n) is 11.7. The summed E-state index contributed by atoms with van der Waals surface area (Å²) >= 11 is 7.02. The van der Waals surface area contributed by atoms with Gasteiger partial charge < -0.3 is 4.74 Å². The van der Waals surface area contributed by atoms with Crippen molar-refractivity contribution in [2.75, 3.05) is 0 Å². The third kappa shape index (κ3) is 2.97. The molecule has 106 valence electrons. The van der Waals surface area contributed by atoms with Crippen LogP contribution in [0.1, 0.15) is 11.3 Å². The normalized spacial score (nSPS) is 10.9. The van der Waals surface area contributed by atoms with Crippen LogP contribution in [0.3, 0.4) is 0 Å². The zero-order chi connectivity index (χ0) is 15.0. The maximum absolute atomic E-state index is 6.01. The van der Waals surface area contributed by atoms with Crippen LogP contribution in [-0.2, 0) is 0 Å². The minimum Gasteiger partial charge on any atom is -0.455 e. The number of ether oxygens (including phenoxy) is 1. The summed E-state index contributed by atoms with van der Waals surface area (Å²) in [4.78, 5) is 4.55. The van der Waals surface area contributed by atoms with Crippen LogP contribution in [0, 0.1) is 13.8 Å². The van der Waals surface area contributed by atoms with Gasteiger partial charge in [-0.25, -0.2) is 0 Å². The van der Waals surface area contributed by atoms with E-state index in [4.69, 9.17) is 4.74 Å². The smallest absolute Gasteiger partial charge is 0.155 e. The molecule has 2 aromatic carbocycles. The molecule has 0 atom stereocenters. The first-order valence-electron chi connectivity index (χ1n) is 6.54. The molecule has 4 heteroatoms. The van der Waals surface area contributed by atoms with Crippen LogP contribution in [0.4, 0.5) is 0 Å². The Morgan fingerprint density at radius 2 is 1.67 bits per heavy atom. The summed E-state index contributed by atoms with van der Waals surface area (Å²) in [6.45, 7) is 4.10. The van der Waals surface area contributed by atoms with Gasteiger partial charge >= 0.3 is 0 Å². The van der Waals surface area contributed by atoms with Crippen LogP contribution in [0.5, 0.6) is 11.5 Å². The van der Waals surface area contributed by atoms with Gasteiger partial charge in [0, 0.05) is 11.1 Å². The number of hydrogen-bond donors (Lipinski definition) is 0. The summed E-state index contributed by atoms with van der Waals surface area (Å²) in [6.07, 6.45) is 0. The lowest BCUT2D eigenvalue weighted by molar-refractivity contribution is 0.477. The van der Waals surface area contributed by atoms with E-state index in [0.717, 1.165) is 37.0 Å². The molecule has 3 aromatic rings. The molecule has 3 rings (SSSR count). The van der Waals surface area contributed by atoms with Crippen molar-refractivity contribution in [2.24, 2.45) is 0 Å². The second kappa shape index (κ2) is 5.78. The van der Waals surface area contributed by atoms with Crippen molar-refractivity contribution in [3.63, 3.8) is 0 Å². The van der Waals surface area contributed by atoms with Gasteiger partial charge in [-0.3, -0.25) is 4.98 Å². The van der Waals surface area contributed by atoms with E-state index >= 15 is 0 Å². The van der Waals surface area contributed by atoms with Crippen LogP contribution < -0.4 is 4.74 Å². The number of aryl methyl sites for hydroxylation is 2. The third-order valence-electron chi connectivity index (χ3n) is 3.25. The Hall–Kier alpha value is -1.39.